The van der Waals surface area contributed by atoms with Crippen LogP contribution in [0.15, 0.2) is 18.2 Å². The van der Waals surface area contributed by atoms with E-state index >= 15 is 0 Å². The third-order valence-electron chi connectivity index (χ3n) is 2.82. The van der Waals surface area contributed by atoms with E-state index in [9.17, 15) is 8.78 Å². The summed E-state index contributed by atoms with van der Waals surface area (Å²) in [5.41, 5.74) is 4.61. The first-order valence-electron chi connectivity index (χ1n) is 5.58. The van der Waals surface area contributed by atoms with Gasteiger partial charge in [-0.1, -0.05) is 13.0 Å². The van der Waals surface area contributed by atoms with E-state index < -0.39 is 11.5 Å². The van der Waals surface area contributed by atoms with E-state index in [0.717, 1.165) is 5.56 Å². The highest BCUT2D eigenvalue weighted by Crippen LogP contribution is 2.42. The summed E-state index contributed by atoms with van der Waals surface area (Å²) < 4.78 is 33.4. The van der Waals surface area contributed by atoms with Gasteiger partial charge in [-0.3, -0.25) is 0 Å². The van der Waals surface area contributed by atoms with Gasteiger partial charge in [0.15, 0.2) is 0 Å². The molecule has 4 heteroatoms. The largest absolute Gasteiger partial charge is 0.496 e. The van der Waals surface area contributed by atoms with Crippen molar-refractivity contribution < 1.29 is 13.5 Å². The summed E-state index contributed by atoms with van der Waals surface area (Å²) >= 11 is 0. The minimum Gasteiger partial charge on any atom is -0.496 e. The maximum Gasteiger partial charge on any atom is 0.293 e. The lowest BCUT2D eigenvalue weighted by atomic mass is 9.89. The highest BCUT2D eigenvalue weighted by atomic mass is 19.3. The van der Waals surface area contributed by atoms with Gasteiger partial charge in [-0.25, -0.2) is 0 Å². The number of benzene rings is 1. The second-order valence-corrected chi connectivity index (χ2v) is 4.68. The molecule has 17 heavy (non-hydrogen) atoms. The van der Waals surface area contributed by atoms with Gasteiger partial charge in [0.1, 0.15) is 5.75 Å². The molecule has 0 radical (unpaired) electrons. The summed E-state index contributed by atoms with van der Waals surface area (Å²) in [6, 6.07) is 4.81. The van der Waals surface area contributed by atoms with Crippen LogP contribution in [0.25, 0.3) is 0 Å². The minimum atomic E-state index is -3.14. The fraction of sp³-hybridized carbons (Fsp3) is 0.538. The van der Waals surface area contributed by atoms with Crippen molar-refractivity contribution in [2.75, 3.05) is 7.11 Å². The molecule has 0 amide bonds. The fourth-order valence-electron chi connectivity index (χ4n) is 1.57. The molecule has 0 atom stereocenters. The van der Waals surface area contributed by atoms with Crippen molar-refractivity contribution in [1.82, 2.24) is 0 Å². The number of hydrogen-bond donors (Lipinski definition) is 1. The number of alkyl halides is 2. The van der Waals surface area contributed by atoms with Crippen molar-refractivity contribution in [3.05, 3.63) is 29.3 Å². The van der Waals surface area contributed by atoms with Crippen LogP contribution in [0.3, 0.4) is 0 Å². The Bertz CT molecular complexity index is 397. The first kappa shape index (κ1) is 13.9. The average molecular weight is 243 g/mol. The van der Waals surface area contributed by atoms with Gasteiger partial charge in [-0.05, 0) is 38.0 Å². The maximum absolute atomic E-state index is 14.2. The molecular weight excluding hydrogens is 224 g/mol. The predicted octanol–water partition coefficient (Wildman–Crippen LogP) is 3.09. The Hall–Kier alpha value is -1.16. The molecule has 0 aliphatic carbocycles. The lowest BCUT2D eigenvalue weighted by Gasteiger charge is -2.31. The molecule has 1 rings (SSSR count). The summed E-state index contributed by atoms with van der Waals surface area (Å²) in [6.07, 6.45) is 0.693. The molecule has 0 saturated heterocycles. The summed E-state index contributed by atoms with van der Waals surface area (Å²) in [5.74, 6) is -2.96. The molecule has 0 spiro atoms. The Kier molecular flexibility index (Phi) is 3.77. The van der Waals surface area contributed by atoms with Gasteiger partial charge in [0.25, 0.3) is 5.92 Å². The summed E-state index contributed by atoms with van der Waals surface area (Å²) in [5, 5.41) is 0. The van der Waals surface area contributed by atoms with E-state index in [1.807, 2.05) is 6.92 Å². The van der Waals surface area contributed by atoms with Crippen LogP contribution >= 0.6 is 0 Å². The topological polar surface area (TPSA) is 35.2 Å². The minimum absolute atomic E-state index is 0.146. The average Bonchev–Trinajstić information content (AvgIpc) is 2.26. The van der Waals surface area contributed by atoms with Crippen LogP contribution in [0, 0.1) is 0 Å². The van der Waals surface area contributed by atoms with Crippen molar-refractivity contribution >= 4 is 0 Å². The Morgan fingerprint density at radius 1 is 1.29 bits per heavy atom. The Balaban J connectivity index is 3.37. The van der Waals surface area contributed by atoms with E-state index in [-0.39, 0.29) is 11.3 Å². The smallest absolute Gasteiger partial charge is 0.293 e. The zero-order valence-electron chi connectivity index (χ0n) is 10.7. The normalized spacial score (nSPS) is 12.6. The molecule has 0 aliphatic heterocycles. The van der Waals surface area contributed by atoms with Crippen LogP contribution in [-0.2, 0) is 12.3 Å². The van der Waals surface area contributed by atoms with Crippen LogP contribution in [-0.4, -0.2) is 12.6 Å². The molecule has 2 N–H and O–H groups in total. The lowest BCUT2D eigenvalue weighted by molar-refractivity contribution is -0.0688. The van der Waals surface area contributed by atoms with E-state index in [1.54, 1.807) is 12.1 Å². The molecule has 0 aliphatic rings. The predicted molar refractivity (Wildman–Crippen MR) is 64.5 cm³/mol. The van der Waals surface area contributed by atoms with Crippen molar-refractivity contribution in [2.45, 2.75) is 38.7 Å². The Labute approximate surface area is 101 Å². The van der Waals surface area contributed by atoms with Crippen LogP contribution in [0.2, 0.25) is 0 Å². The number of ether oxygens (including phenoxy) is 1. The first-order chi connectivity index (χ1) is 7.74. The summed E-state index contributed by atoms with van der Waals surface area (Å²) in [4.78, 5) is 0. The number of nitrogens with two attached hydrogens (primary N) is 1. The Morgan fingerprint density at radius 3 is 2.29 bits per heavy atom. The zero-order valence-corrected chi connectivity index (χ0v) is 10.7. The zero-order chi connectivity index (χ0) is 13.3. The van der Waals surface area contributed by atoms with Crippen molar-refractivity contribution in [1.29, 1.82) is 0 Å². The number of halogens is 2. The van der Waals surface area contributed by atoms with Crippen molar-refractivity contribution in [3.63, 3.8) is 0 Å². The molecule has 2 nitrogen and oxygen atoms in total. The molecule has 0 aromatic heterocycles. The van der Waals surface area contributed by atoms with Gasteiger partial charge in [-0.2, -0.15) is 8.78 Å². The number of methoxy groups -OCH3 is 1. The third-order valence-corrected chi connectivity index (χ3v) is 2.82. The molecule has 1 aromatic rings. The highest BCUT2D eigenvalue weighted by molar-refractivity contribution is 5.41. The van der Waals surface area contributed by atoms with Crippen LogP contribution in [0.4, 0.5) is 8.78 Å². The molecule has 0 heterocycles. The summed E-state index contributed by atoms with van der Waals surface area (Å²) in [6.45, 7) is 4.54. The first-order valence-corrected chi connectivity index (χ1v) is 5.58. The van der Waals surface area contributed by atoms with Gasteiger partial charge >= 0.3 is 0 Å². The van der Waals surface area contributed by atoms with Gasteiger partial charge in [-0.15, -0.1) is 0 Å². The molecule has 0 bridgehead atoms. The van der Waals surface area contributed by atoms with E-state index in [0.29, 0.717) is 6.42 Å². The van der Waals surface area contributed by atoms with Crippen LogP contribution < -0.4 is 10.5 Å². The lowest BCUT2D eigenvalue weighted by Crippen LogP contribution is -2.48. The van der Waals surface area contributed by atoms with Crippen LogP contribution in [0.1, 0.15) is 31.9 Å². The molecule has 0 saturated carbocycles. The summed E-state index contributed by atoms with van der Waals surface area (Å²) in [7, 11) is 1.38. The number of rotatable bonds is 4. The SMILES string of the molecule is CCc1ccc(OC)c(C(F)(F)C(C)(C)N)c1. The molecule has 0 unspecified atom stereocenters. The fourth-order valence-corrected chi connectivity index (χ4v) is 1.57. The maximum atomic E-state index is 14.2. The second-order valence-electron chi connectivity index (χ2n) is 4.68. The Morgan fingerprint density at radius 2 is 1.88 bits per heavy atom. The molecule has 1 aromatic carbocycles. The monoisotopic (exact) mass is 243 g/mol. The van der Waals surface area contributed by atoms with E-state index in [4.69, 9.17) is 10.5 Å². The molecule has 0 fully saturated rings. The third kappa shape index (κ3) is 2.57. The van der Waals surface area contributed by atoms with Crippen LogP contribution in [0.5, 0.6) is 5.75 Å². The van der Waals surface area contributed by atoms with Crippen molar-refractivity contribution in [2.24, 2.45) is 5.73 Å². The number of hydrogen-bond acceptors (Lipinski definition) is 2. The van der Waals surface area contributed by atoms with E-state index in [1.165, 1.54) is 27.0 Å². The molecular formula is C13H19F2NO. The number of aryl methyl sites for hydroxylation is 1. The molecule has 96 valence electrons. The van der Waals surface area contributed by atoms with E-state index in [2.05, 4.69) is 0 Å². The van der Waals surface area contributed by atoms with Gasteiger partial charge in [0, 0.05) is 0 Å². The van der Waals surface area contributed by atoms with Gasteiger partial charge < -0.3 is 10.5 Å². The van der Waals surface area contributed by atoms with Gasteiger partial charge in [0.05, 0.1) is 18.2 Å². The van der Waals surface area contributed by atoms with Crippen molar-refractivity contribution in [3.8, 4) is 5.75 Å². The highest BCUT2D eigenvalue weighted by Gasteiger charge is 2.47. The quantitative estimate of drug-likeness (QED) is 0.882. The standard InChI is InChI=1S/C13H19F2NO/c1-5-9-6-7-11(17-4)10(8-9)13(14,15)12(2,3)16/h6-8H,5,16H2,1-4H3. The van der Waals surface area contributed by atoms with Gasteiger partial charge in [0.2, 0.25) is 0 Å². The second kappa shape index (κ2) is 4.61.